The van der Waals surface area contributed by atoms with E-state index in [0.29, 0.717) is 28.3 Å². The maximum Gasteiger partial charge on any atom is 0.316 e. The Hall–Kier alpha value is -3.68. The lowest BCUT2D eigenvalue weighted by Crippen LogP contribution is -2.34. The molecule has 2 heterocycles. The Morgan fingerprint density at radius 1 is 1.19 bits per heavy atom. The first-order chi connectivity index (χ1) is 13.0. The lowest BCUT2D eigenvalue weighted by atomic mass is 10.2. The van der Waals surface area contributed by atoms with E-state index < -0.39 is 11.1 Å². The van der Waals surface area contributed by atoms with E-state index in [0.717, 1.165) is 11.3 Å². The second-order valence-electron chi connectivity index (χ2n) is 6.17. The van der Waals surface area contributed by atoms with Crippen LogP contribution in [-0.2, 0) is 13.7 Å². The first-order valence-corrected chi connectivity index (χ1v) is 8.27. The molecular formula is C19H16N4O4. The van der Waals surface area contributed by atoms with Gasteiger partial charge in [0.15, 0.2) is 6.61 Å². The fourth-order valence-corrected chi connectivity index (χ4v) is 2.79. The van der Waals surface area contributed by atoms with E-state index in [9.17, 15) is 9.59 Å². The molecule has 4 rings (SSSR count). The normalized spacial score (nSPS) is 11.0. The molecule has 0 radical (unpaired) electrons. The number of benzene rings is 2. The van der Waals surface area contributed by atoms with E-state index in [1.807, 2.05) is 31.2 Å². The molecule has 0 fully saturated rings. The number of rotatable bonds is 4. The first kappa shape index (κ1) is 16.8. The summed E-state index contributed by atoms with van der Waals surface area (Å²) >= 11 is 0. The van der Waals surface area contributed by atoms with Crippen molar-refractivity contribution in [2.45, 2.75) is 13.5 Å². The molecular weight excluding hydrogens is 348 g/mol. The van der Waals surface area contributed by atoms with E-state index in [-0.39, 0.29) is 6.61 Å². The van der Waals surface area contributed by atoms with Crippen molar-refractivity contribution in [3.63, 3.8) is 0 Å². The van der Waals surface area contributed by atoms with Crippen molar-refractivity contribution in [2.24, 2.45) is 7.05 Å². The van der Waals surface area contributed by atoms with Crippen LogP contribution in [0.15, 0.2) is 56.6 Å². The average molecular weight is 364 g/mol. The maximum absolute atomic E-state index is 11.7. The molecule has 0 atom stereocenters. The van der Waals surface area contributed by atoms with Crippen LogP contribution in [0, 0.1) is 6.92 Å². The Bertz CT molecular complexity index is 1250. The number of aromatic nitrogens is 4. The van der Waals surface area contributed by atoms with Gasteiger partial charge in [0.25, 0.3) is 5.89 Å². The Morgan fingerprint density at radius 3 is 2.85 bits per heavy atom. The van der Waals surface area contributed by atoms with Crippen LogP contribution in [0.4, 0.5) is 0 Å². The summed E-state index contributed by atoms with van der Waals surface area (Å²) in [7, 11) is 1.55. The largest absolute Gasteiger partial charge is 0.484 e. The Balaban J connectivity index is 1.60. The summed E-state index contributed by atoms with van der Waals surface area (Å²) in [6.45, 7) is 2.13. The van der Waals surface area contributed by atoms with E-state index in [2.05, 4.69) is 15.1 Å². The molecule has 8 nitrogen and oxygen atoms in total. The molecule has 0 saturated heterocycles. The zero-order valence-corrected chi connectivity index (χ0v) is 14.7. The van der Waals surface area contributed by atoms with Gasteiger partial charge in [-0.15, -0.1) is 0 Å². The van der Waals surface area contributed by atoms with Gasteiger partial charge in [0.1, 0.15) is 5.75 Å². The molecule has 0 spiro atoms. The minimum absolute atomic E-state index is 0.148. The van der Waals surface area contributed by atoms with E-state index in [4.69, 9.17) is 9.26 Å². The van der Waals surface area contributed by atoms with Gasteiger partial charge in [-0.1, -0.05) is 17.3 Å². The highest BCUT2D eigenvalue weighted by atomic mass is 16.5. The molecule has 0 aliphatic heterocycles. The van der Waals surface area contributed by atoms with Crippen LogP contribution in [0.3, 0.4) is 0 Å². The predicted octanol–water partition coefficient (Wildman–Crippen LogP) is 2.16. The number of H-pyrrole nitrogens is 1. The van der Waals surface area contributed by atoms with Crippen molar-refractivity contribution in [1.29, 1.82) is 0 Å². The van der Waals surface area contributed by atoms with Gasteiger partial charge >= 0.3 is 11.1 Å². The van der Waals surface area contributed by atoms with Crippen molar-refractivity contribution in [3.8, 4) is 17.1 Å². The van der Waals surface area contributed by atoms with Gasteiger partial charge in [-0.3, -0.25) is 9.59 Å². The molecule has 8 heteroatoms. The Labute approximate surface area is 153 Å². The summed E-state index contributed by atoms with van der Waals surface area (Å²) in [5, 5.41) is 3.96. The summed E-state index contributed by atoms with van der Waals surface area (Å²) in [4.78, 5) is 30.3. The minimum atomic E-state index is -0.678. The predicted molar refractivity (Wildman–Crippen MR) is 98.6 cm³/mol. The molecule has 0 bridgehead atoms. The lowest BCUT2D eigenvalue weighted by Gasteiger charge is -2.04. The van der Waals surface area contributed by atoms with Gasteiger partial charge in [0, 0.05) is 12.6 Å². The highest BCUT2D eigenvalue weighted by molar-refractivity contribution is 5.79. The van der Waals surface area contributed by atoms with Gasteiger partial charge in [-0.25, -0.2) is 0 Å². The van der Waals surface area contributed by atoms with Gasteiger partial charge < -0.3 is 18.8 Å². The summed E-state index contributed by atoms with van der Waals surface area (Å²) in [6.07, 6.45) is 0. The monoisotopic (exact) mass is 364 g/mol. The first-order valence-electron chi connectivity index (χ1n) is 8.27. The second kappa shape index (κ2) is 6.56. The van der Waals surface area contributed by atoms with Gasteiger partial charge in [-0.2, -0.15) is 4.98 Å². The number of aryl methyl sites for hydroxylation is 2. The lowest BCUT2D eigenvalue weighted by molar-refractivity contribution is 0.243. The molecule has 0 aliphatic carbocycles. The Morgan fingerprint density at radius 2 is 2.04 bits per heavy atom. The smallest absolute Gasteiger partial charge is 0.316 e. The van der Waals surface area contributed by atoms with Crippen LogP contribution in [0.25, 0.3) is 22.4 Å². The fourth-order valence-electron chi connectivity index (χ4n) is 2.79. The zero-order valence-electron chi connectivity index (χ0n) is 14.7. The average Bonchev–Trinajstić information content (AvgIpc) is 3.13. The number of fused-ring (bicyclic) bond motifs is 1. The molecule has 0 unspecified atom stereocenters. The molecule has 136 valence electrons. The molecule has 0 aliphatic rings. The van der Waals surface area contributed by atoms with Crippen molar-refractivity contribution < 1.29 is 9.26 Å². The van der Waals surface area contributed by atoms with Crippen LogP contribution in [0.1, 0.15) is 11.5 Å². The van der Waals surface area contributed by atoms with Crippen molar-refractivity contribution in [2.75, 3.05) is 0 Å². The summed E-state index contributed by atoms with van der Waals surface area (Å²) in [5.41, 5.74) is 1.59. The molecule has 0 saturated carbocycles. The van der Waals surface area contributed by atoms with Crippen LogP contribution in [-0.4, -0.2) is 19.7 Å². The zero-order chi connectivity index (χ0) is 19.0. The minimum Gasteiger partial charge on any atom is -0.484 e. The van der Waals surface area contributed by atoms with E-state index in [1.54, 1.807) is 25.2 Å². The highest BCUT2D eigenvalue weighted by Gasteiger charge is 2.12. The second-order valence-corrected chi connectivity index (χ2v) is 6.17. The van der Waals surface area contributed by atoms with Gasteiger partial charge in [0.2, 0.25) is 5.82 Å². The Kier molecular flexibility index (Phi) is 4.08. The number of hydrogen-bond acceptors (Lipinski definition) is 6. The van der Waals surface area contributed by atoms with Crippen LogP contribution < -0.4 is 15.9 Å². The number of nitrogens with zero attached hydrogens (tertiary/aromatic N) is 3. The molecule has 4 aromatic rings. The molecule has 2 aromatic carbocycles. The number of nitrogens with one attached hydrogen (secondary N) is 1. The number of aromatic amines is 1. The van der Waals surface area contributed by atoms with Crippen LogP contribution in [0.2, 0.25) is 0 Å². The van der Waals surface area contributed by atoms with Crippen molar-refractivity contribution in [3.05, 3.63) is 74.6 Å². The van der Waals surface area contributed by atoms with Crippen LogP contribution >= 0.6 is 0 Å². The van der Waals surface area contributed by atoms with Gasteiger partial charge in [0.05, 0.1) is 11.0 Å². The third-order valence-corrected chi connectivity index (χ3v) is 4.18. The number of hydrogen-bond donors (Lipinski definition) is 1. The van der Waals surface area contributed by atoms with Gasteiger partial charge in [-0.05, 0) is 42.8 Å². The maximum atomic E-state index is 11.7. The SMILES string of the molecule is Cc1cccc(OCc2nc(-c3ccc4c(c3)[nH]c(=O)c(=O)n4C)no2)c1. The third-order valence-electron chi connectivity index (χ3n) is 4.18. The molecule has 1 N–H and O–H groups in total. The fraction of sp³-hybridized carbons (Fsp3) is 0.158. The molecule has 27 heavy (non-hydrogen) atoms. The quantitative estimate of drug-likeness (QED) is 0.557. The van der Waals surface area contributed by atoms with Crippen LogP contribution in [0.5, 0.6) is 5.75 Å². The summed E-state index contributed by atoms with van der Waals surface area (Å²) < 4.78 is 12.2. The summed E-state index contributed by atoms with van der Waals surface area (Å²) in [5.74, 6) is 1.42. The van der Waals surface area contributed by atoms with Crippen molar-refractivity contribution >= 4 is 11.0 Å². The van der Waals surface area contributed by atoms with E-state index >= 15 is 0 Å². The standard InChI is InChI=1S/C19H16N4O4/c1-11-4-3-5-13(8-11)26-10-16-21-17(22-27-16)12-6-7-15-14(9-12)20-18(24)19(25)23(15)2/h3-9H,10H2,1-2H3,(H,20,24). The molecule has 2 aromatic heterocycles. The van der Waals surface area contributed by atoms with Crippen molar-refractivity contribution in [1.82, 2.24) is 19.7 Å². The highest BCUT2D eigenvalue weighted by Crippen LogP contribution is 2.20. The molecule has 0 amide bonds. The third kappa shape index (κ3) is 3.24. The number of ether oxygens (including phenoxy) is 1. The van der Waals surface area contributed by atoms with E-state index in [1.165, 1.54) is 4.57 Å². The topological polar surface area (TPSA) is 103 Å². The summed E-state index contributed by atoms with van der Waals surface area (Å²) in [6, 6.07) is 12.9.